The summed E-state index contributed by atoms with van der Waals surface area (Å²) >= 11 is 1.80. The van der Waals surface area contributed by atoms with Gasteiger partial charge in [-0.15, -0.1) is 11.3 Å². The van der Waals surface area contributed by atoms with E-state index in [4.69, 9.17) is 0 Å². The molecule has 1 aliphatic rings. The molecule has 19 heavy (non-hydrogen) atoms. The van der Waals surface area contributed by atoms with Gasteiger partial charge in [0.25, 0.3) is 0 Å². The minimum Gasteiger partial charge on any atom is -0.293 e. The monoisotopic (exact) mass is 270 g/mol. The molecule has 0 radical (unpaired) electrons. The third-order valence-electron chi connectivity index (χ3n) is 3.99. The number of rotatable bonds is 3. The van der Waals surface area contributed by atoms with E-state index in [0.29, 0.717) is 5.78 Å². The SMILES string of the molecule is CCc1cccc(C(=O)C2CCCc3sccc32)c1. The molecular weight excluding hydrogens is 252 g/mol. The maximum atomic E-state index is 12.7. The predicted molar refractivity (Wildman–Crippen MR) is 80.1 cm³/mol. The molecule has 1 aromatic heterocycles. The Morgan fingerprint density at radius 2 is 2.26 bits per heavy atom. The maximum absolute atomic E-state index is 12.7. The fraction of sp³-hybridized carbons (Fsp3) is 0.353. The fourth-order valence-corrected chi connectivity index (χ4v) is 3.89. The van der Waals surface area contributed by atoms with Gasteiger partial charge in [0.15, 0.2) is 5.78 Å². The normalized spacial score (nSPS) is 18.1. The number of fused-ring (bicyclic) bond motifs is 1. The van der Waals surface area contributed by atoms with E-state index in [0.717, 1.165) is 31.2 Å². The van der Waals surface area contributed by atoms with Gasteiger partial charge in [-0.2, -0.15) is 0 Å². The number of hydrogen-bond donors (Lipinski definition) is 0. The highest BCUT2D eigenvalue weighted by atomic mass is 32.1. The van der Waals surface area contributed by atoms with Crippen LogP contribution in [0.1, 0.15) is 52.0 Å². The highest BCUT2D eigenvalue weighted by molar-refractivity contribution is 7.10. The summed E-state index contributed by atoms with van der Waals surface area (Å²) in [6, 6.07) is 10.3. The number of hydrogen-bond acceptors (Lipinski definition) is 2. The van der Waals surface area contributed by atoms with E-state index in [9.17, 15) is 4.79 Å². The molecule has 0 bridgehead atoms. The minimum atomic E-state index is 0.0853. The molecule has 0 saturated heterocycles. The Hall–Kier alpha value is -1.41. The summed E-state index contributed by atoms with van der Waals surface area (Å²) in [6.07, 6.45) is 4.26. The first kappa shape index (κ1) is 12.6. The van der Waals surface area contributed by atoms with Crippen molar-refractivity contribution in [2.24, 2.45) is 0 Å². The van der Waals surface area contributed by atoms with Gasteiger partial charge in [0.1, 0.15) is 0 Å². The van der Waals surface area contributed by atoms with Crippen molar-refractivity contribution < 1.29 is 4.79 Å². The quantitative estimate of drug-likeness (QED) is 0.744. The van der Waals surface area contributed by atoms with Gasteiger partial charge in [-0.3, -0.25) is 4.79 Å². The summed E-state index contributed by atoms with van der Waals surface area (Å²) < 4.78 is 0. The van der Waals surface area contributed by atoms with Gasteiger partial charge in [-0.1, -0.05) is 25.1 Å². The molecule has 1 nitrogen and oxygen atoms in total. The lowest BCUT2D eigenvalue weighted by Gasteiger charge is -2.21. The van der Waals surface area contributed by atoms with Gasteiger partial charge in [0.2, 0.25) is 0 Å². The largest absolute Gasteiger partial charge is 0.293 e. The van der Waals surface area contributed by atoms with Crippen LogP contribution in [0.25, 0.3) is 0 Å². The first-order valence-electron chi connectivity index (χ1n) is 6.99. The lowest BCUT2D eigenvalue weighted by molar-refractivity contribution is 0.0951. The van der Waals surface area contributed by atoms with E-state index in [1.165, 1.54) is 16.0 Å². The topological polar surface area (TPSA) is 17.1 Å². The van der Waals surface area contributed by atoms with Crippen LogP contribution >= 0.6 is 11.3 Å². The van der Waals surface area contributed by atoms with Crippen molar-refractivity contribution in [1.29, 1.82) is 0 Å². The lowest BCUT2D eigenvalue weighted by atomic mass is 9.82. The van der Waals surface area contributed by atoms with Gasteiger partial charge in [0.05, 0.1) is 0 Å². The maximum Gasteiger partial charge on any atom is 0.170 e. The molecule has 1 aliphatic carbocycles. The Kier molecular flexibility index (Phi) is 3.52. The Morgan fingerprint density at radius 3 is 3.11 bits per heavy atom. The molecule has 0 fully saturated rings. The lowest BCUT2D eigenvalue weighted by Crippen LogP contribution is -2.17. The molecule has 0 saturated carbocycles. The summed E-state index contributed by atoms with van der Waals surface area (Å²) in [4.78, 5) is 14.1. The smallest absolute Gasteiger partial charge is 0.170 e. The molecule has 0 amide bonds. The molecule has 0 N–H and O–H groups in total. The van der Waals surface area contributed by atoms with Gasteiger partial charge >= 0.3 is 0 Å². The van der Waals surface area contributed by atoms with Crippen LogP contribution in [0, 0.1) is 0 Å². The van der Waals surface area contributed by atoms with Crippen molar-refractivity contribution in [3.05, 3.63) is 57.3 Å². The van der Waals surface area contributed by atoms with Crippen molar-refractivity contribution in [3.63, 3.8) is 0 Å². The van der Waals surface area contributed by atoms with Crippen molar-refractivity contribution >= 4 is 17.1 Å². The summed E-state index contributed by atoms with van der Waals surface area (Å²) in [5, 5.41) is 2.12. The summed E-state index contributed by atoms with van der Waals surface area (Å²) in [6.45, 7) is 2.13. The van der Waals surface area contributed by atoms with Gasteiger partial charge in [0, 0.05) is 16.4 Å². The van der Waals surface area contributed by atoms with Crippen molar-refractivity contribution in [2.75, 3.05) is 0 Å². The molecular formula is C17H18OS. The summed E-state index contributed by atoms with van der Waals surface area (Å²) in [5.41, 5.74) is 3.40. The third-order valence-corrected chi connectivity index (χ3v) is 4.98. The highest BCUT2D eigenvalue weighted by Crippen LogP contribution is 2.36. The molecule has 0 spiro atoms. The van der Waals surface area contributed by atoms with Crippen LogP contribution in [0.5, 0.6) is 0 Å². The second kappa shape index (κ2) is 5.30. The van der Waals surface area contributed by atoms with Crippen LogP contribution in [-0.2, 0) is 12.8 Å². The zero-order valence-electron chi connectivity index (χ0n) is 11.2. The van der Waals surface area contributed by atoms with Crippen LogP contribution in [0.3, 0.4) is 0 Å². The van der Waals surface area contributed by atoms with Gasteiger partial charge < -0.3 is 0 Å². The van der Waals surface area contributed by atoms with Crippen LogP contribution in [0.2, 0.25) is 0 Å². The Bertz CT molecular complexity index is 597. The number of carbonyl (C=O) groups is 1. The van der Waals surface area contributed by atoms with E-state index < -0.39 is 0 Å². The number of Topliss-reactive ketones (excluding diaryl/α,β-unsaturated/α-hetero) is 1. The molecule has 1 aromatic carbocycles. The number of ketones is 1. The zero-order valence-corrected chi connectivity index (χ0v) is 12.0. The van der Waals surface area contributed by atoms with Crippen LogP contribution < -0.4 is 0 Å². The Balaban J connectivity index is 1.93. The number of thiophene rings is 1. The average molecular weight is 270 g/mol. The molecule has 3 rings (SSSR count). The van der Waals surface area contributed by atoms with Crippen molar-refractivity contribution in [3.8, 4) is 0 Å². The predicted octanol–water partition coefficient (Wildman–Crippen LogP) is 4.61. The van der Waals surface area contributed by atoms with Gasteiger partial charge in [-0.25, -0.2) is 0 Å². The van der Waals surface area contributed by atoms with E-state index in [1.807, 2.05) is 12.1 Å². The molecule has 2 heteroatoms. The van der Waals surface area contributed by atoms with E-state index in [2.05, 4.69) is 30.5 Å². The second-order valence-electron chi connectivity index (χ2n) is 5.16. The van der Waals surface area contributed by atoms with Crippen LogP contribution in [-0.4, -0.2) is 5.78 Å². The van der Waals surface area contributed by atoms with Crippen LogP contribution in [0.15, 0.2) is 35.7 Å². The average Bonchev–Trinajstić information content (AvgIpc) is 2.95. The second-order valence-corrected chi connectivity index (χ2v) is 6.16. The first-order chi connectivity index (χ1) is 9.29. The first-order valence-corrected chi connectivity index (χ1v) is 7.87. The highest BCUT2D eigenvalue weighted by Gasteiger charge is 2.27. The van der Waals surface area contributed by atoms with Crippen molar-refractivity contribution in [1.82, 2.24) is 0 Å². The molecule has 1 heterocycles. The minimum absolute atomic E-state index is 0.0853. The standard InChI is InChI=1S/C17H18OS/c1-2-12-5-3-6-13(11-12)17(18)15-7-4-8-16-14(15)9-10-19-16/h3,5-6,9-11,15H,2,4,7-8H2,1H3. The molecule has 1 unspecified atom stereocenters. The number of aryl methyl sites for hydroxylation is 2. The van der Waals surface area contributed by atoms with Crippen LogP contribution in [0.4, 0.5) is 0 Å². The fourth-order valence-electron chi connectivity index (χ4n) is 2.90. The molecule has 0 aliphatic heterocycles. The number of benzene rings is 1. The number of carbonyl (C=O) groups excluding carboxylic acids is 1. The molecule has 98 valence electrons. The van der Waals surface area contributed by atoms with E-state index in [-0.39, 0.29) is 5.92 Å². The Labute approximate surface area is 118 Å². The van der Waals surface area contributed by atoms with Crippen molar-refractivity contribution in [2.45, 2.75) is 38.5 Å². The summed E-state index contributed by atoms with van der Waals surface area (Å²) in [7, 11) is 0. The summed E-state index contributed by atoms with van der Waals surface area (Å²) in [5.74, 6) is 0.386. The van der Waals surface area contributed by atoms with E-state index in [1.54, 1.807) is 11.3 Å². The third kappa shape index (κ3) is 2.37. The molecule has 1 atom stereocenters. The zero-order chi connectivity index (χ0) is 13.2. The Morgan fingerprint density at radius 1 is 1.37 bits per heavy atom. The van der Waals surface area contributed by atoms with E-state index >= 15 is 0 Å². The molecule has 2 aromatic rings. The van der Waals surface area contributed by atoms with Gasteiger partial charge in [-0.05, 0) is 54.3 Å².